The summed E-state index contributed by atoms with van der Waals surface area (Å²) in [4.78, 5) is 47.9. The standard InChI is InChI=1S/C24H30ClN5O4S/c1-2-34-23(33)17-4-3-9-30(14-17)21(31)15-28-10-12-29(13-11-28)22(32)20-16-35-24(27-20)26-19-7-5-18(25)6-8-19/h5-8,16-17H,2-4,9-15H2,1H3,(H,26,27)/t17-/m1/s1. The van der Waals surface area contributed by atoms with Crippen LogP contribution in [0.3, 0.4) is 0 Å². The van der Waals surface area contributed by atoms with Gasteiger partial charge in [0.05, 0.1) is 19.1 Å². The van der Waals surface area contributed by atoms with Gasteiger partial charge < -0.3 is 19.9 Å². The smallest absolute Gasteiger partial charge is 0.310 e. The van der Waals surface area contributed by atoms with Crippen LogP contribution in [0, 0.1) is 5.92 Å². The number of amides is 2. The van der Waals surface area contributed by atoms with E-state index in [0.717, 1.165) is 18.5 Å². The Morgan fingerprint density at radius 3 is 2.57 bits per heavy atom. The molecule has 0 unspecified atom stereocenters. The highest BCUT2D eigenvalue weighted by molar-refractivity contribution is 7.14. The predicted molar refractivity (Wildman–Crippen MR) is 135 cm³/mol. The molecule has 2 aromatic rings. The number of aromatic nitrogens is 1. The molecule has 1 aromatic heterocycles. The molecule has 9 nitrogen and oxygen atoms in total. The van der Waals surface area contributed by atoms with Gasteiger partial charge >= 0.3 is 5.97 Å². The average molecular weight is 520 g/mol. The molecule has 4 rings (SSSR count). The Balaban J connectivity index is 1.24. The normalized spacial score (nSPS) is 18.9. The van der Waals surface area contributed by atoms with Gasteiger partial charge in [-0.25, -0.2) is 4.98 Å². The Kier molecular flexibility index (Phi) is 8.59. The fraction of sp³-hybridized carbons (Fsp3) is 0.500. The predicted octanol–water partition coefficient (Wildman–Crippen LogP) is 3.10. The van der Waals surface area contributed by atoms with Crippen molar-refractivity contribution >= 4 is 51.5 Å². The van der Waals surface area contributed by atoms with Crippen LogP contribution in [0.5, 0.6) is 0 Å². The van der Waals surface area contributed by atoms with Crippen LogP contribution in [0.2, 0.25) is 5.02 Å². The van der Waals surface area contributed by atoms with Crippen molar-refractivity contribution in [2.75, 3.05) is 57.7 Å². The number of halogens is 1. The van der Waals surface area contributed by atoms with E-state index in [4.69, 9.17) is 16.3 Å². The molecule has 2 aliphatic heterocycles. The monoisotopic (exact) mass is 519 g/mol. The summed E-state index contributed by atoms with van der Waals surface area (Å²) < 4.78 is 5.13. The van der Waals surface area contributed by atoms with Gasteiger partial charge in [-0.3, -0.25) is 19.3 Å². The molecule has 1 N–H and O–H groups in total. The third kappa shape index (κ3) is 6.71. The number of thiazole rings is 1. The molecular weight excluding hydrogens is 490 g/mol. The Labute approximate surface area is 214 Å². The lowest BCUT2D eigenvalue weighted by atomic mass is 9.98. The van der Waals surface area contributed by atoms with Crippen LogP contribution in [-0.4, -0.2) is 89.9 Å². The fourth-order valence-electron chi connectivity index (χ4n) is 4.30. The molecule has 3 heterocycles. The number of benzene rings is 1. The Morgan fingerprint density at radius 2 is 1.86 bits per heavy atom. The largest absolute Gasteiger partial charge is 0.466 e. The van der Waals surface area contributed by atoms with Gasteiger partial charge in [-0.05, 0) is 44.0 Å². The van der Waals surface area contributed by atoms with Crippen molar-refractivity contribution in [3.63, 3.8) is 0 Å². The molecule has 2 saturated heterocycles. The summed E-state index contributed by atoms with van der Waals surface area (Å²) in [6.07, 6.45) is 1.57. The SMILES string of the molecule is CCOC(=O)[C@@H]1CCCN(C(=O)CN2CCN(C(=O)c3csc(Nc4ccc(Cl)cc4)n3)CC2)C1. The van der Waals surface area contributed by atoms with Crippen molar-refractivity contribution in [2.45, 2.75) is 19.8 Å². The van der Waals surface area contributed by atoms with E-state index in [-0.39, 0.29) is 23.7 Å². The molecule has 0 saturated carbocycles. The topological polar surface area (TPSA) is 95.1 Å². The summed E-state index contributed by atoms with van der Waals surface area (Å²) in [6, 6.07) is 7.29. The number of hydrogen-bond acceptors (Lipinski definition) is 8. The van der Waals surface area contributed by atoms with Crippen LogP contribution in [0.4, 0.5) is 10.8 Å². The number of nitrogens with zero attached hydrogens (tertiary/aromatic N) is 4. The van der Waals surface area contributed by atoms with Gasteiger partial charge in [0, 0.05) is 55.4 Å². The number of nitrogens with one attached hydrogen (secondary N) is 1. The second-order valence-electron chi connectivity index (χ2n) is 8.67. The molecule has 0 spiro atoms. The quantitative estimate of drug-likeness (QED) is 0.561. The van der Waals surface area contributed by atoms with Gasteiger partial charge in [-0.1, -0.05) is 11.6 Å². The number of piperazine rings is 1. The first-order valence-corrected chi connectivity index (χ1v) is 13.1. The second kappa shape index (κ2) is 11.8. The zero-order valence-corrected chi connectivity index (χ0v) is 21.3. The Hall–Kier alpha value is -2.69. The fourth-order valence-corrected chi connectivity index (χ4v) is 5.14. The van der Waals surface area contributed by atoms with Gasteiger partial charge in [0.15, 0.2) is 5.13 Å². The first kappa shape index (κ1) is 25.4. The zero-order valence-electron chi connectivity index (χ0n) is 19.7. The molecular formula is C24H30ClN5O4S. The molecule has 188 valence electrons. The molecule has 35 heavy (non-hydrogen) atoms. The lowest BCUT2D eigenvalue weighted by Gasteiger charge is -2.36. The Morgan fingerprint density at radius 1 is 1.11 bits per heavy atom. The zero-order chi connectivity index (χ0) is 24.8. The van der Waals surface area contributed by atoms with E-state index in [9.17, 15) is 14.4 Å². The van der Waals surface area contributed by atoms with Gasteiger partial charge in [0.25, 0.3) is 5.91 Å². The number of rotatable bonds is 7. The maximum absolute atomic E-state index is 12.9. The van der Waals surface area contributed by atoms with Crippen molar-refractivity contribution in [1.29, 1.82) is 0 Å². The van der Waals surface area contributed by atoms with E-state index < -0.39 is 0 Å². The molecule has 2 aliphatic rings. The van der Waals surface area contributed by atoms with Crippen molar-refractivity contribution in [3.8, 4) is 0 Å². The lowest BCUT2D eigenvalue weighted by molar-refractivity contribution is -0.151. The van der Waals surface area contributed by atoms with E-state index in [1.165, 1.54) is 11.3 Å². The van der Waals surface area contributed by atoms with Crippen molar-refractivity contribution in [2.24, 2.45) is 5.92 Å². The molecule has 2 fully saturated rings. The van der Waals surface area contributed by atoms with Gasteiger partial charge in [0.2, 0.25) is 5.91 Å². The third-order valence-corrected chi connectivity index (χ3v) is 7.24. The lowest BCUT2D eigenvalue weighted by Crippen LogP contribution is -2.52. The number of carbonyl (C=O) groups is 3. The molecule has 0 radical (unpaired) electrons. The minimum absolute atomic E-state index is 0.0243. The van der Waals surface area contributed by atoms with Crippen molar-refractivity contribution in [1.82, 2.24) is 19.7 Å². The molecule has 0 aliphatic carbocycles. The van der Waals surface area contributed by atoms with Gasteiger partial charge in [-0.15, -0.1) is 11.3 Å². The summed E-state index contributed by atoms with van der Waals surface area (Å²) >= 11 is 7.29. The minimum atomic E-state index is -0.237. The van der Waals surface area contributed by atoms with E-state index in [2.05, 4.69) is 15.2 Å². The van der Waals surface area contributed by atoms with Gasteiger partial charge in [-0.2, -0.15) is 0 Å². The number of carbonyl (C=O) groups excluding carboxylic acids is 3. The molecule has 1 atom stereocenters. The summed E-state index contributed by atoms with van der Waals surface area (Å²) in [5.41, 5.74) is 1.26. The van der Waals surface area contributed by atoms with Crippen LogP contribution >= 0.6 is 22.9 Å². The minimum Gasteiger partial charge on any atom is -0.466 e. The molecule has 2 amide bonds. The third-order valence-electron chi connectivity index (χ3n) is 6.23. The summed E-state index contributed by atoms with van der Waals surface area (Å²) in [5.74, 6) is -0.536. The number of hydrogen-bond donors (Lipinski definition) is 1. The summed E-state index contributed by atoms with van der Waals surface area (Å²) in [5, 5.41) is 6.24. The molecule has 11 heteroatoms. The van der Waals surface area contributed by atoms with Gasteiger partial charge in [0.1, 0.15) is 5.69 Å². The number of anilines is 2. The Bertz CT molecular complexity index is 1040. The van der Waals surface area contributed by atoms with Crippen LogP contribution < -0.4 is 5.32 Å². The van der Waals surface area contributed by atoms with E-state index >= 15 is 0 Å². The highest BCUT2D eigenvalue weighted by atomic mass is 35.5. The van der Waals surface area contributed by atoms with Crippen LogP contribution in [-0.2, 0) is 14.3 Å². The number of esters is 1. The highest BCUT2D eigenvalue weighted by Gasteiger charge is 2.31. The van der Waals surface area contributed by atoms with Crippen molar-refractivity contribution < 1.29 is 19.1 Å². The van der Waals surface area contributed by atoms with Crippen molar-refractivity contribution in [3.05, 3.63) is 40.4 Å². The summed E-state index contributed by atoms with van der Waals surface area (Å²) in [6.45, 7) is 5.84. The average Bonchev–Trinajstić information content (AvgIpc) is 3.34. The number of likely N-dealkylation sites (tertiary alicyclic amines) is 1. The molecule has 1 aromatic carbocycles. The first-order valence-electron chi connectivity index (χ1n) is 11.9. The number of piperidine rings is 1. The first-order chi connectivity index (χ1) is 16.9. The van der Waals surface area contributed by atoms with Crippen LogP contribution in [0.1, 0.15) is 30.3 Å². The summed E-state index contributed by atoms with van der Waals surface area (Å²) in [7, 11) is 0. The maximum atomic E-state index is 12.9. The second-order valence-corrected chi connectivity index (χ2v) is 9.96. The number of ether oxygens (including phenoxy) is 1. The van der Waals surface area contributed by atoms with E-state index in [1.807, 2.05) is 12.1 Å². The maximum Gasteiger partial charge on any atom is 0.310 e. The van der Waals surface area contributed by atoms with Crippen LogP contribution in [0.15, 0.2) is 29.6 Å². The van der Waals surface area contributed by atoms with E-state index in [0.29, 0.717) is 68.3 Å². The molecule has 0 bridgehead atoms. The highest BCUT2D eigenvalue weighted by Crippen LogP contribution is 2.23. The van der Waals surface area contributed by atoms with E-state index in [1.54, 1.807) is 34.2 Å². The van der Waals surface area contributed by atoms with Crippen LogP contribution in [0.25, 0.3) is 0 Å².